The molecule has 3 rings (SSSR count). The molecule has 3 aromatic rings. The van der Waals surface area contributed by atoms with Gasteiger partial charge < -0.3 is 4.74 Å². The van der Waals surface area contributed by atoms with Crippen LogP contribution in [0.4, 0.5) is 14.9 Å². The number of hydrazone groups is 1. The van der Waals surface area contributed by atoms with Crippen molar-refractivity contribution in [3.05, 3.63) is 52.9 Å². The lowest BCUT2D eigenvalue weighted by atomic mass is 9.87. The molecular formula is C20H22N4O2S2. The first-order valence-corrected chi connectivity index (χ1v) is 10.4. The molecule has 2 N–H and O–H groups in total. The smallest absolute Gasteiger partial charge is 0.412 e. The zero-order valence-corrected chi connectivity index (χ0v) is 17.8. The summed E-state index contributed by atoms with van der Waals surface area (Å²) in [6.45, 7) is 6.56. The van der Waals surface area contributed by atoms with Crippen molar-refractivity contribution in [3.8, 4) is 10.6 Å². The van der Waals surface area contributed by atoms with Crippen LogP contribution < -0.4 is 10.7 Å². The molecule has 6 nitrogen and oxygen atoms in total. The standard InChI is InChI=1S/C20H22N4O2S2/c1-20(2,3)14-9-7-13(8-10-14)12-21-24-18-22-16(15-6-5-11-27-15)17(28-18)23-19(25)26-4/h5-12H,1-4H3,(H,22,24)(H,23,25)/b21-12-. The highest BCUT2D eigenvalue weighted by atomic mass is 32.1. The van der Waals surface area contributed by atoms with Gasteiger partial charge >= 0.3 is 6.09 Å². The molecule has 28 heavy (non-hydrogen) atoms. The van der Waals surface area contributed by atoms with Gasteiger partial charge in [0, 0.05) is 0 Å². The number of rotatable bonds is 5. The third kappa shape index (κ3) is 4.96. The second kappa shape index (κ2) is 8.53. The molecule has 1 amide bonds. The number of amides is 1. The van der Waals surface area contributed by atoms with E-state index in [2.05, 4.69) is 53.7 Å². The van der Waals surface area contributed by atoms with Crippen LogP contribution in [0.3, 0.4) is 0 Å². The van der Waals surface area contributed by atoms with Gasteiger partial charge in [0.2, 0.25) is 5.13 Å². The minimum atomic E-state index is -0.532. The summed E-state index contributed by atoms with van der Waals surface area (Å²) in [6, 6.07) is 12.2. The molecule has 0 radical (unpaired) electrons. The molecule has 2 heterocycles. The first-order chi connectivity index (χ1) is 13.4. The van der Waals surface area contributed by atoms with Crippen LogP contribution in [0.2, 0.25) is 0 Å². The first-order valence-electron chi connectivity index (χ1n) is 8.66. The molecule has 0 atom stereocenters. The molecule has 2 aromatic heterocycles. The zero-order valence-electron chi connectivity index (χ0n) is 16.1. The van der Waals surface area contributed by atoms with Gasteiger partial charge in [-0.1, -0.05) is 62.4 Å². The molecule has 0 aliphatic heterocycles. The number of thiazole rings is 1. The summed E-state index contributed by atoms with van der Waals surface area (Å²) >= 11 is 2.85. The van der Waals surface area contributed by atoms with Crippen LogP contribution >= 0.6 is 22.7 Å². The Morgan fingerprint density at radius 2 is 1.96 bits per heavy atom. The summed E-state index contributed by atoms with van der Waals surface area (Å²) in [7, 11) is 1.33. The Morgan fingerprint density at radius 3 is 2.57 bits per heavy atom. The summed E-state index contributed by atoms with van der Waals surface area (Å²) in [6.07, 6.45) is 1.21. The minimum Gasteiger partial charge on any atom is -0.453 e. The molecule has 0 aliphatic carbocycles. The Bertz CT molecular complexity index is 955. The maximum atomic E-state index is 11.6. The third-order valence-corrected chi connectivity index (χ3v) is 5.69. The number of methoxy groups -OCH3 is 1. The lowest BCUT2D eigenvalue weighted by molar-refractivity contribution is 0.187. The molecule has 146 valence electrons. The number of aromatic nitrogens is 1. The molecular weight excluding hydrogens is 392 g/mol. The molecule has 0 saturated carbocycles. The van der Waals surface area contributed by atoms with Gasteiger partial charge in [-0.05, 0) is 28.0 Å². The summed E-state index contributed by atoms with van der Waals surface area (Å²) in [5.41, 5.74) is 6.02. The maximum absolute atomic E-state index is 11.6. The number of benzene rings is 1. The highest BCUT2D eigenvalue weighted by molar-refractivity contribution is 7.21. The SMILES string of the molecule is COC(=O)Nc1sc(N/N=C\c2ccc(C(C)(C)C)cc2)nc1-c1cccs1. The van der Waals surface area contributed by atoms with Crippen LogP contribution in [0.25, 0.3) is 10.6 Å². The molecule has 1 aromatic carbocycles. The third-order valence-electron chi connectivity index (χ3n) is 3.93. The molecule has 0 bridgehead atoms. The van der Waals surface area contributed by atoms with E-state index in [-0.39, 0.29) is 5.41 Å². The van der Waals surface area contributed by atoms with Crippen molar-refractivity contribution in [3.63, 3.8) is 0 Å². The van der Waals surface area contributed by atoms with Gasteiger partial charge in [-0.2, -0.15) is 5.10 Å². The quantitative estimate of drug-likeness (QED) is 0.409. The van der Waals surface area contributed by atoms with E-state index in [1.165, 1.54) is 24.0 Å². The van der Waals surface area contributed by atoms with Crippen LogP contribution in [0, 0.1) is 0 Å². The number of nitrogens with one attached hydrogen (secondary N) is 2. The lowest BCUT2D eigenvalue weighted by Gasteiger charge is -2.18. The summed E-state index contributed by atoms with van der Waals surface area (Å²) < 4.78 is 4.69. The normalized spacial score (nSPS) is 11.6. The predicted octanol–water partition coefficient (Wildman–Crippen LogP) is 5.79. The van der Waals surface area contributed by atoms with Crippen LogP contribution in [-0.2, 0) is 10.2 Å². The van der Waals surface area contributed by atoms with Gasteiger partial charge in [-0.3, -0.25) is 10.7 Å². The van der Waals surface area contributed by atoms with E-state index in [9.17, 15) is 4.79 Å². The Morgan fingerprint density at radius 1 is 1.21 bits per heavy atom. The molecule has 8 heteroatoms. The fraction of sp³-hybridized carbons (Fsp3) is 0.250. The Hall–Kier alpha value is -2.71. The van der Waals surface area contributed by atoms with E-state index < -0.39 is 6.09 Å². The fourth-order valence-electron chi connectivity index (χ4n) is 2.41. The van der Waals surface area contributed by atoms with Gasteiger partial charge in [0.15, 0.2) is 0 Å². The lowest BCUT2D eigenvalue weighted by Crippen LogP contribution is -2.10. The fourth-order valence-corrected chi connectivity index (χ4v) is 4.01. The largest absolute Gasteiger partial charge is 0.453 e. The van der Waals surface area contributed by atoms with Crippen LogP contribution in [0.1, 0.15) is 31.9 Å². The number of hydrogen-bond donors (Lipinski definition) is 2. The number of carbonyl (C=O) groups excluding carboxylic acids is 1. The zero-order chi connectivity index (χ0) is 20.1. The van der Waals surface area contributed by atoms with Crippen LogP contribution in [0.15, 0.2) is 46.9 Å². The van der Waals surface area contributed by atoms with Gasteiger partial charge in [0.05, 0.1) is 18.2 Å². The van der Waals surface area contributed by atoms with E-state index in [0.29, 0.717) is 15.8 Å². The van der Waals surface area contributed by atoms with Crippen LogP contribution in [0.5, 0.6) is 0 Å². The van der Waals surface area contributed by atoms with Crippen molar-refractivity contribution in [2.24, 2.45) is 5.10 Å². The number of nitrogens with zero attached hydrogens (tertiary/aromatic N) is 2. The number of carbonyl (C=O) groups is 1. The van der Waals surface area contributed by atoms with Gasteiger partial charge in [-0.25, -0.2) is 9.78 Å². The molecule has 0 saturated heterocycles. The topological polar surface area (TPSA) is 75.6 Å². The van der Waals surface area contributed by atoms with E-state index in [1.54, 1.807) is 17.6 Å². The number of anilines is 2. The summed E-state index contributed by atoms with van der Waals surface area (Å²) in [4.78, 5) is 17.1. The first kappa shape index (κ1) is 20.0. The van der Waals surface area contributed by atoms with Gasteiger partial charge in [0.25, 0.3) is 0 Å². The number of ether oxygens (including phenoxy) is 1. The van der Waals surface area contributed by atoms with Crippen molar-refractivity contribution in [2.75, 3.05) is 17.9 Å². The Labute approximate surface area is 172 Å². The van der Waals surface area contributed by atoms with E-state index in [0.717, 1.165) is 10.4 Å². The maximum Gasteiger partial charge on any atom is 0.412 e. The van der Waals surface area contributed by atoms with Crippen molar-refractivity contribution in [1.29, 1.82) is 0 Å². The van der Waals surface area contributed by atoms with Gasteiger partial charge in [0.1, 0.15) is 10.7 Å². The van der Waals surface area contributed by atoms with Crippen LogP contribution in [-0.4, -0.2) is 24.4 Å². The Kier molecular flexibility index (Phi) is 6.11. The monoisotopic (exact) mass is 414 g/mol. The summed E-state index contributed by atoms with van der Waals surface area (Å²) in [5, 5.41) is 10.1. The molecule has 0 spiro atoms. The highest BCUT2D eigenvalue weighted by Crippen LogP contribution is 2.38. The van der Waals surface area contributed by atoms with Crippen molar-refractivity contribution in [1.82, 2.24) is 4.98 Å². The Balaban J connectivity index is 1.74. The van der Waals surface area contributed by atoms with Crippen molar-refractivity contribution < 1.29 is 9.53 Å². The average molecular weight is 415 g/mol. The molecule has 0 fully saturated rings. The van der Waals surface area contributed by atoms with E-state index >= 15 is 0 Å². The van der Waals surface area contributed by atoms with E-state index in [4.69, 9.17) is 4.74 Å². The van der Waals surface area contributed by atoms with Crippen molar-refractivity contribution >= 4 is 45.1 Å². The second-order valence-corrected chi connectivity index (χ2v) is 8.98. The van der Waals surface area contributed by atoms with Gasteiger partial charge in [-0.15, -0.1) is 11.3 Å². The number of hydrogen-bond acceptors (Lipinski definition) is 7. The highest BCUT2D eigenvalue weighted by Gasteiger charge is 2.16. The second-order valence-electron chi connectivity index (χ2n) is 7.03. The van der Waals surface area contributed by atoms with Crippen molar-refractivity contribution in [2.45, 2.75) is 26.2 Å². The average Bonchev–Trinajstić information content (AvgIpc) is 3.31. The molecule has 0 unspecified atom stereocenters. The minimum absolute atomic E-state index is 0.121. The predicted molar refractivity (Wildman–Crippen MR) is 118 cm³/mol. The van der Waals surface area contributed by atoms with E-state index in [1.807, 2.05) is 29.6 Å². The number of thiophene rings is 1. The molecule has 0 aliphatic rings. The summed E-state index contributed by atoms with van der Waals surface area (Å²) in [5.74, 6) is 0.